The highest BCUT2D eigenvalue weighted by atomic mass is 35.5. The maximum atomic E-state index is 14.3. The van der Waals surface area contributed by atoms with Gasteiger partial charge in [-0.05, 0) is 61.9 Å². The average Bonchev–Trinajstić information content (AvgIpc) is 3.10. The number of anilines is 3. The molecule has 13 heteroatoms. The number of amidine groups is 1. The summed E-state index contributed by atoms with van der Waals surface area (Å²) in [7, 11) is -1.55. The second kappa shape index (κ2) is 14.7. The van der Waals surface area contributed by atoms with E-state index in [1.54, 1.807) is 35.2 Å². The van der Waals surface area contributed by atoms with Crippen molar-refractivity contribution in [1.82, 2.24) is 0 Å². The Morgan fingerprint density at radius 2 is 1.65 bits per heavy atom. The van der Waals surface area contributed by atoms with E-state index in [9.17, 15) is 18.0 Å². The molecule has 4 aromatic carbocycles. The largest absolute Gasteiger partial charge is 0.494 e. The third kappa shape index (κ3) is 7.19. The molecule has 0 aromatic heterocycles. The van der Waals surface area contributed by atoms with Crippen LogP contribution >= 0.6 is 11.6 Å². The lowest BCUT2D eigenvalue weighted by molar-refractivity contribution is -0.110. The number of hydrogen-bond acceptors (Lipinski definition) is 9. The molecule has 0 saturated heterocycles. The molecule has 5 rings (SSSR count). The predicted octanol–water partition coefficient (Wildman–Crippen LogP) is 6.50. The maximum absolute atomic E-state index is 14.3. The summed E-state index contributed by atoms with van der Waals surface area (Å²) in [5.74, 6) is -1.34. The standard InChI is InChI=1S/C35H34ClN5O6S/c1-5-40(6-2)25-17-19-27(30(21-25)46-3)37-32(34(42)38-28-20-24(35(43)47-4)16-18-26(28)36)33-39-48(44,45)31-15-11-10-14-29(31)41(33)22-23-12-8-7-9-13-23/h7-21H,5-6,22H2,1-4H3,(H,38,42)/b37-32-. The zero-order chi connectivity index (χ0) is 34.4. The number of amides is 1. The third-order valence-electron chi connectivity index (χ3n) is 7.67. The SMILES string of the molecule is CCN(CC)c1ccc(/N=C(\C(=O)Nc2cc(C(=O)OC)ccc2Cl)C2=NS(=O)(=O)c3ccccc3N2Cc2ccccc2)c(OC)c1. The smallest absolute Gasteiger partial charge is 0.337 e. The van der Waals surface area contributed by atoms with Crippen molar-refractivity contribution in [3.05, 3.63) is 107 Å². The van der Waals surface area contributed by atoms with Gasteiger partial charge in [-0.15, -0.1) is 4.40 Å². The number of benzene rings is 4. The van der Waals surface area contributed by atoms with Gasteiger partial charge in [0.15, 0.2) is 11.5 Å². The van der Waals surface area contributed by atoms with Gasteiger partial charge in [-0.2, -0.15) is 8.42 Å². The van der Waals surface area contributed by atoms with E-state index in [-0.39, 0.29) is 44.9 Å². The monoisotopic (exact) mass is 687 g/mol. The minimum Gasteiger partial charge on any atom is -0.494 e. The lowest BCUT2D eigenvalue weighted by atomic mass is 10.1. The fourth-order valence-corrected chi connectivity index (χ4v) is 6.60. The Bertz CT molecular complexity index is 2010. The summed E-state index contributed by atoms with van der Waals surface area (Å²) in [6, 6.07) is 25.4. The van der Waals surface area contributed by atoms with Crippen LogP contribution in [0.3, 0.4) is 0 Å². The van der Waals surface area contributed by atoms with Gasteiger partial charge in [-0.25, -0.2) is 9.79 Å². The minimum atomic E-state index is -4.27. The van der Waals surface area contributed by atoms with Crippen LogP contribution in [0.4, 0.5) is 22.7 Å². The van der Waals surface area contributed by atoms with Crippen LogP contribution in [0.25, 0.3) is 0 Å². The Balaban J connectivity index is 1.72. The first-order valence-electron chi connectivity index (χ1n) is 15.1. The van der Waals surface area contributed by atoms with Crippen LogP contribution in [0.1, 0.15) is 29.8 Å². The normalized spacial score (nSPS) is 13.6. The number of fused-ring (bicyclic) bond motifs is 1. The van der Waals surface area contributed by atoms with E-state index < -0.39 is 21.9 Å². The Morgan fingerprint density at radius 3 is 2.33 bits per heavy atom. The molecule has 4 aromatic rings. The van der Waals surface area contributed by atoms with Crippen molar-refractivity contribution in [1.29, 1.82) is 0 Å². The van der Waals surface area contributed by atoms with Gasteiger partial charge in [-0.3, -0.25) is 4.79 Å². The van der Waals surface area contributed by atoms with Gasteiger partial charge in [0, 0.05) is 31.4 Å². The predicted molar refractivity (Wildman–Crippen MR) is 189 cm³/mol. The number of aliphatic imine (C=N–C) groups is 1. The van der Waals surface area contributed by atoms with Crippen LogP contribution in [0.2, 0.25) is 5.02 Å². The molecule has 1 heterocycles. The molecule has 1 N–H and O–H groups in total. The average molecular weight is 688 g/mol. The van der Waals surface area contributed by atoms with Gasteiger partial charge in [0.25, 0.3) is 15.9 Å². The molecule has 0 bridgehead atoms. The number of para-hydroxylation sites is 1. The number of methoxy groups -OCH3 is 2. The van der Waals surface area contributed by atoms with Crippen molar-refractivity contribution in [3.8, 4) is 5.75 Å². The van der Waals surface area contributed by atoms with Crippen LogP contribution in [0.15, 0.2) is 105 Å². The molecular weight excluding hydrogens is 654 g/mol. The molecule has 0 fully saturated rings. The van der Waals surface area contributed by atoms with Crippen molar-refractivity contribution in [3.63, 3.8) is 0 Å². The van der Waals surface area contributed by atoms with Crippen molar-refractivity contribution in [2.45, 2.75) is 25.3 Å². The van der Waals surface area contributed by atoms with Crippen molar-refractivity contribution in [2.75, 3.05) is 42.4 Å². The van der Waals surface area contributed by atoms with E-state index in [4.69, 9.17) is 26.1 Å². The summed E-state index contributed by atoms with van der Waals surface area (Å²) in [5.41, 5.74) is 2.17. The van der Waals surface area contributed by atoms with E-state index >= 15 is 0 Å². The highest BCUT2D eigenvalue weighted by Gasteiger charge is 2.36. The summed E-state index contributed by atoms with van der Waals surface area (Å²) in [4.78, 5) is 35.1. The number of nitrogens with zero attached hydrogens (tertiary/aromatic N) is 4. The van der Waals surface area contributed by atoms with Crippen LogP contribution in [-0.4, -0.2) is 59.2 Å². The summed E-state index contributed by atoms with van der Waals surface area (Å²) in [6.07, 6.45) is 0. The molecule has 0 saturated carbocycles. The highest BCUT2D eigenvalue weighted by molar-refractivity contribution is 7.90. The zero-order valence-corrected chi connectivity index (χ0v) is 28.4. The lowest BCUT2D eigenvalue weighted by Gasteiger charge is -2.31. The van der Waals surface area contributed by atoms with E-state index in [0.717, 1.165) is 24.3 Å². The number of carbonyl (C=O) groups is 2. The van der Waals surface area contributed by atoms with Crippen molar-refractivity contribution >= 4 is 67.8 Å². The van der Waals surface area contributed by atoms with Gasteiger partial charge < -0.3 is 24.6 Å². The topological polar surface area (TPSA) is 130 Å². The van der Waals surface area contributed by atoms with Crippen LogP contribution in [0, 0.1) is 0 Å². The van der Waals surface area contributed by atoms with Gasteiger partial charge in [0.2, 0.25) is 0 Å². The number of nitrogens with one attached hydrogen (secondary N) is 1. The number of rotatable bonds is 11. The zero-order valence-electron chi connectivity index (χ0n) is 26.8. The third-order valence-corrected chi connectivity index (χ3v) is 9.31. The molecule has 1 aliphatic rings. The van der Waals surface area contributed by atoms with E-state index in [1.165, 1.54) is 38.5 Å². The molecule has 1 aliphatic heterocycles. The molecule has 0 atom stereocenters. The molecule has 11 nitrogen and oxygen atoms in total. The van der Waals surface area contributed by atoms with Crippen LogP contribution in [0.5, 0.6) is 5.75 Å². The van der Waals surface area contributed by atoms with E-state index in [0.29, 0.717) is 11.4 Å². The number of hydrogen-bond donors (Lipinski definition) is 1. The fourth-order valence-electron chi connectivity index (χ4n) is 5.24. The number of sulfonamides is 1. The minimum absolute atomic E-state index is 0.0144. The summed E-state index contributed by atoms with van der Waals surface area (Å²) in [6.45, 7) is 5.74. The fraction of sp³-hybridized carbons (Fsp3) is 0.200. The van der Waals surface area contributed by atoms with Crippen molar-refractivity contribution in [2.24, 2.45) is 9.39 Å². The van der Waals surface area contributed by atoms with Gasteiger partial charge >= 0.3 is 5.97 Å². The Morgan fingerprint density at radius 1 is 0.938 bits per heavy atom. The van der Waals surface area contributed by atoms with Crippen molar-refractivity contribution < 1.29 is 27.5 Å². The molecule has 0 unspecified atom stereocenters. The Kier molecular flexibility index (Phi) is 10.5. The lowest BCUT2D eigenvalue weighted by Crippen LogP contribution is -2.45. The van der Waals surface area contributed by atoms with Gasteiger partial charge in [-0.1, -0.05) is 54.1 Å². The van der Waals surface area contributed by atoms with Gasteiger partial charge in [0.1, 0.15) is 16.3 Å². The number of carbonyl (C=O) groups excluding carboxylic acids is 2. The van der Waals surface area contributed by atoms with Crippen LogP contribution < -0.4 is 19.9 Å². The molecule has 248 valence electrons. The summed E-state index contributed by atoms with van der Waals surface area (Å²) in [5, 5.41) is 2.83. The second-order valence-corrected chi connectivity index (χ2v) is 12.5. The molecule has 1 amide bonds. The highest BCUT2D eigenvalue weighted by Crippen LogP contribution is 2.36. The number of ether oxygens (including phenoxy) is 2. The second-order valence-electron chi connectivity index (χ2n) is 10.6. The summed E-state index contributed by atoms with van der Waals surface area (Å²) >= 11 is 6.44. The first-order valence-corrected chi connectivity index (χ1v) is 16.9. The Hall–Kier alpha value is -5.20. The molecule has 48 heavy (non-hydrogen) atoms. The van der Waals surface area contributed by atoms with Gasteiger partial charge in [0.05, 0.1) is 36.2 Å². The van der Waals surface area contributed by atoms with Crippen LogP contribution in [-0.2, 0) is 26.1 Å². The quantitative estimate of drug-likeness (QED) is 0.140. The molecule has 0 aliphatic carbocycles. The molecule has 0 radical (unpaired) electrons. The van der Waals surface area contributed by atoms with E-state index in [1.807, 2.05) is 50.2 Å². The summed E-state index contributed by atoms with van der Waals surface area (Å²) < 4.78 is 42.0. The Labute approximate surface area is 284 Å². The first kappa shape index (κ1) is 34.1. The number of esters is 1. The maximum Gasteiger partial charge on any atom is 0.337 e. The molecular formula is C35H34ClN5O6S. The van der Waals surface area contributed by atoms with E-state index in [2.05, 4.69) is 14.6 Å². The first-order chi connectivity index (χ1) is 23.1. The number of halogens is 1. The molecule has 0 spiro atoms.